The van der Waals surface area contributed by atoms with Crippen molar-refractivity contribution < 1.29 is 48.0 Å². The Balaban J connectivity index is 0.00000576. The summed E-state index contributed by atoms with van der Waals surface area (Å²) in [4.78, 5) is 44.7. The molecule has 1 aliphatic rings. The number of esters is 4. The van der Waals surface area contributed by atoms with E-state index in [2.05, 4.69) is 0 Å². The summed E-state index contributed by atoms with van der Waals surface area (Å²) in [6.45, 7) is 4.09. The highest BCUT2D eigenvalue weighted by Gasteiger charge is 2.51. The molecule has 1 N–H and O–H groups in total. The molecule has 1 rings (SSSR count). The zero-order valence-electron chi connectivity index (χ0n) is 14.1. The molecule has 0 saturated carbocycles. The first kappa shape index (κ1) is 23.1. The van der Waals surface area contributed by atoms with Gasteiger partial charge in [0.2, 0.25) is 6.29 Å². The van der Waals surface area contributed by atoms with Gasteiger partial charge in [0.25, 0.3) is 0 Å². The van der Waals surface area contributed by atoms with Crippen LogP contribution in [0.4, 0.5) is 0 Å². The molecule has 0 radical (unpaired) electrons. The number of rotatable bonds is 5. The van der Waals surface area contributed by atoms with E-state index in [1.807, 2.05) is 0 Å². The number of hydrogen-bond donors (Lipinski definition) is 1. The molecule has 11 heteroatoms. The molecular formula is C14H21ClO10. The molecule has 0 aromatic rings. The van der Waals surface area contributed by atoms with Crippen molar-refractivity contribution in [1.82, 2.24) is 0 Å². The Bertz CT molecular complexity index is 492. The Labute approximate surface area is 150 Å². The van der Waals surface area contributed by atoms with E-state index in [-0.39, 0.29) is 19.0 Å². The summed E-state index contributed by atoms with van der Waals surface area (Å²) in [6.07, 6.45) is -6.83. The summed E-state index contributed by atoms with van der Waals surface area (Å²) in [6, 6.07) is 0. The first-order valence-electron chi connectivity index (χ1n) is 7.10. The molecule has 0 aromatic carbocycles. The van der Waals surface area contributed by atoms with E-state index in [1.54, 1.807) is 0 Å². The zero-order chi connectivity index (χ0) is 18.4. The SMILES string of the molecule is CC(=O)OC[C@H]1O[C@@H](OC(C)=O)[C@H](O)[C@@H](OC(C)=O)[C@@H]1OC(C)=O.Cl. The largest absolute Gasteiger partial charge is 0.463 e. The number of carbonyl (C=O) groups excluding carboxylic acids is 4. The normalized spacial score (nSPS) is 28.1. The summed E-state index contributed by atoms with van der Waals surface area (Å²) < 4.78 is 25.0. The second-order valence-electron chi connectivity index (χ2n) is 5.09. The van der Waals surface area contributed by atoms with Crippen LogP contribution in [0.1, 0.15) is 27.7 Å². The molecule has 0 aromatic heterocycles. The monoisotopic (exact) mass is 384 g/mol. The first-order valence-corrected chi connectivity index (χ1v) is 7.10. The van der Waals surface area contributed by atoms with E-state index in [4.69, 9.17) is 23.7 Å². The van der Waals surface area contributed by atoms with E-state index in [0.29, 0.717) is 0 Å². The summed E-state index contributed by atoms with van der Waals surface area (Å²) in [5, 5.41) is 10.2. The molecule has 0 unspecified atom stereocenters. The summed E-state index contributed by atoms with van der Waals surface area (Å²) in [5.74, 6) is -2.87. The van der Waals surface area contributed by atoms with Crippen LogP contribution in [-0.4, -0.2) is 66.3 Å². The van der Waals surface area contributed by atoms with Crippen LogP contribution in [-0.2, 0) is 42.9 Å². The smallest absolute Gasteiger partial charge is 0.305 e. The van der Waals surface area contributed by atoms with Crippen LogP contribution in [0.3, 0.4) is 0 Å². The lowest BCUT2D eigenvalue weighted by Crippen LogP contribution is -2.62. The maximum absolute atomic E-state index is 11.3. The van der Waals surface area contributed by atoms with Crippen LogP contribution in [0.15, 0.2) is 0 Å². The Hall–Kier alpha value is -1.91. The molecule has 144 valence electrons. The van der Waals surface area contributed by atoms with Gasteiger partial charge in [0, 0.05) is 27.7 Å². The number of halogens is 1. The second kappa shape index (κ2) is 10.2. The maximum atomic E-state index is 11.3. The van der Waals surface area contributed by atoms with Gasteiger partial charge in [-0.1, -0.05) is 0 Å². The summed E-state index contributed by atoms with van der Waals surface area (Å²) >= 11 is 0. The van der Waals surface area contributed by atoms with Gasteiger partial charge in [0.1, 0.15) is 12.7 Å². The molecule has 0 spiro atoms. The number of carbonyl (C=O) groups is 4. The highest BCUT2D eigenvalue weighted by atomic mass is 35.5. The van der Waals surface area contributed by atoms with E-state index >= 15 is 0 Å². The fourth-order valence-electron chi connectivity index (χ4n) is 2.15. The second-order valence-corrected chi connectivity index (χ2v) is 5.09. The third-order valence-electron chi connectivity index (χ3n) is 2.95. The highest BCUT2D eigenvalue weighted by Crippen LogP contribution is 2.27. The van der Waals surface area contributed by atoms with Gasteiger partial charge in [-0.05, 0) is 0 Å². The predicted molar refractivity (Wildman–Crippen MR) is 81.4 cm³/mol. The van der Waals surface area contributed by atoms with Crippen molar-refractivity contribution >= 4 is 36.3 Å². The minimum Gasteiger partial charge on any atom is -0.463 e. The van der Waals surface area contributed by atoms with Crippen molar-refractivity contribution in [3.05, 3.63) is 0 Å². The van der Waals surface area contributed by atoms with Crippen LogP contribution < -0.4 is 0 Å². The minimum absolute atomic E-state index is 0. The third-order valence-corrected chi connectivity index (χ3v) is 2.95. The lowest BCUT2D eigenvalue weighted by atomic mass is 9.98. The Morgan fingerprint density at radius 3 is 1.76 bits per heavy atom. The molecule has 0 amide bonds. The summed E-state index contributed by atoms with van der Waals surface area (Å²) in [5.41, 5.74) is 0. The molecule has 25 heavy (non-hydrogen) atoms. The van der Waals surface area contributed by atoms with E-state index in [1.165, 1.54) is 0 Å². The molecule has 1 saturated heterocycles. The number of aliphatic hydroxyl groups is 1. The molecule has 1 fully saturated rings. The maximum Gasteiger partial charge on any atom is 0.305 e. The van der Waals surface area contributed by atoms with Crippen molar-refractivity contribution in [3.8, 4) is 0 Å². The molecular weight excluding hydrogens is 364 g/mol. The van der Waals surface area contributed by atoms with Crippen LogP contribution in [0.5, 0.6) is 0 Å². The van der Waals surface area contributed by atoms with Crippen molar-refractivity contribution in [1.29, 1.82) is 0 Å². The quantitative estimate of drug-likeness (QED) is 0.487. The number of hydrogen-bond acceptors (Lipinski definition) is 10. The Morgan fingerprint density at radius 2 is 1.32 bits per heavy atom. The Morgan fingerprint density at radius 1 is 0.840 bits per heavy atom. The van der Waals surface area contributed by atoms with Gasteiger partial charge < -0.3 is 28.8 Å². The van der Waals surface area contributed by atoms with Gasteiger partial charge in [-0.15, -0.1) is 12.4 Å². The summed E-state index contributed by atoms with van der Waals surface area (Å²) in [7, 11) is 0. The number of ether oxygens (including phenoxy) is 5. The highest BCUT2D eigenvalue weighted by molar-refractivity contribution is 5.85. The van der Waals surface area contributed by atoms with Gasteiger partial charge in [0.05, 0.1) is 0 Å². The van der Waals surface area contributed by atoms with Crippen molar-refractivity contribution in [2.75, 3.05) is 6.61 Å². The van der Waals surface area contributed by atoms with Gasteiger partial charge in [-0.3, -0.25) is 19.2 Å². The lowest BCUT2D eigenvalue weighted by molar-refractivity contribution is -0.297. The van der Waals surface area contributed by atoms with Gasteiger partial charge in [0.15, 0.2) is 18.3 Å². The fraction of sp³-hybridized carbons (Fsp3) is 0.714. The molecule has 0 aliphatic carbocycles. The van der Waals surface area contributed by atoms with Crippen LogP contribution in [0, 0.1) is 0 Å². The molecule has 1 heterocycles. The van der Waals surface area contributed by atoms with E-state index < -0.39 is 54.6 Å². The molecule has 0 bridgehead atoms. The predicted octanol–water partition coefficient (Wildman–Crippen LogP) is -0.516. The van der Waals surface area contributed by atoms with Gasteiger partial charge in [-0.2, -0.15) is 0 Å². The number of aliphatic hydroxyl groups excluding tert-OH is 1. The van der Waals surface area contributed by atoms with Gasteiger partial charge in [-0.25, -0.2) is 0 Å². The van der Waals surface area contributed by atoms with Crippen molar-refractivity contribution in [2.24, 2.45) is 0 Å². The zero-order valence-corrected chi connectivity index (χ0v) is 14.9. The first-order chi connectivity index (χ1) is 11.1. The molecule has 10 nitrogen and oxygen atoms in total. The van der Waals surface area contributed by atoms with Crippen LogP contribution in [0.25, 0.3) is 0 Å². The third kappa shape index (κ3) is 7.24. The average molecular weight is 385 g/mol. The van der Waals surface area contributed by atoms with Gasteiger partial charge >= 0.3 is 23.9 Å². The van der Waals surface area contributed by atoms with E-state index in [0.717, 1.165) is 27.7 Å². The van der Waals surface area contributed by atoms with Crippen LogP contribution in [0.2, 0.25) is 0 Å². The van der Waals surface area contributed by atoms with E-state index in [9.17, 15) is 24.3 Å². The minimum atomic E-state index is -1.60. The van der Waals surface area contributed by atoms with Crippen LogP contribution >= 0.6 is 12.4 Å². The lowest BCUT2D eigenvalue weighted by Gasteiger charge is -2.42. The fourth-order valence-corrected chi connectivity index (χ4v) is 2.15. The topological polar surface area (TPSA) is 135 Å². The van der Waals surface area contributed by atoms with Crippen molar-refractivity contribution in [2.45, 2.75) is 58.4 Å². The molecule has 1 aliphatic heterocycles. The van der Waals surface area contributed by atoms with Crippen molar-refractivity contribution in [3.63, 3.8) is 0 Å². The Kier molecular flexibility index (Phi) is 9.39. The molecule has 5 atom stereocenters. The standard InChI is InChI=1S/C14H20O10.ClH/c1-6(15)20-5-10-12(21-7(2)16)13(22-8(3)17)11(19)14(24-10)23-9(4)18;/h10-14,19H,5H2,1-4H3;1H/t10-,11-,12-,13-,14-;/m1./s1. The average Bonchev–Trinajstić information content (AvgIpc) is 2.42.